The van der Waals surface area contributed by atoms with Crippen molar-refractivity contribution in [1.29, 1.82) is 0 Å². The molecule has 0 fully saturated rings. The highest BCUT2D eigenvalue weighted by atomic mass is 35.5. The topological polar surface area (TPSA) is 30.8 Å². The maximum atomic E-state index is 5.80. The van der Waals surface area contributed by atoms with Gasteiger partial charge in [0.25, 0.3) is 0 Å². The Labute approximate surface area is 117 Å². The fourth-order valence-corrected chi connectivity index (χ4v) is 1.63. The van der Waals surface area contributed by atoms with Crippen LogP contribution in [0.25, 0.3) is 0 Å². The highest BCUT2D eigenvalue weighted by Crippen LogP contribution is 2.16. The van der Waals surface area contributed by atoms with Gasteiger partial charge in [0.15, 0.2) is 5.75 Å². The van der Waals surface area contributed by atoms with Crippen LogP contribution in [0.5, 0.6) is 11.5 Å². The van der Waals surface area contributed by atoms with Crippen molar-refractivity contribution < 1.29 is 9.57 Å². The SMILES string of the molecule is COc1ccc(/C(C)=N/Oc2ccc(Cl)cc2)cc1. The second kappa shape index (κ2) is 6.25. The van der Waals surface area contributed by atoms with Crippen molar-refractivity contribution in [3.05, 3.63) is 59.1 Å². The van der Waals surface area contributed by atoms with Gasteiger partial charge in [0.2, 0.25) is 0 Å². The predicted octanol–water partition coefficient (Wildman–Crippen LogP) is 4.15. The Kier molecular flexibility index (Phi) is 4.42. The van der Waals surface area contributed by atoms with E-state index in [0.29, 0.717) is 10.8 Å². The molecule has 4 heteroatoms. The first-order chi connectivity index (χ1) is 9.19. The third-order valence-electron chi connectivity index (χ3n) is 2.61. The van der Waals surface area contributed by atoms with Crippen LogP contribution in [0.3, 0.4) is 0 Å². The summed E-state index contributed by atoms with van der Waals surface area (Å²) < 4.78 is 5.11. The zero-order valence-corrected chi connectivity index (χ0v) is 11.5. The highest BCUT2D eigenvalue weighted by Gasteiger charge is 1.99. The molecule has 0 N–H and O–H groups in total. The summed E-state index contributed by atoms with van der Waals surface area (Å²) >= 11 is 5.80. The number of hydrogen-bond donors (Lipinski definition) is 0. The molecule has 98 valence electrons. The number of oxime groups is 1. The van der Waals surface area contributed by atoms with Crippen molar-refractivity contribution in [2.75, 3.05) is 7.11 Å². The summed E-state index contributed by atoms with van der Waals surface area (Å²) in [6.07, 6.45) is 0. The lowest BCUT2D eigenvalue weighted by molar-refractivity contribution is 0.341. The molecule has 0 amide bonds. The molecule has 0 aliphatic carbocycles. The van der Waals surface area contributed by atoms with E-state index in [-0.39, 0.29) is 0 Å². The molecular formula is C15H14ClNO2. The Morgan fingerprint density at radius 3 is 2.11 bits per heavy atom. The molecule has 0 unspecified atom stereocenters. The van der Waals surface area contributed by atoms with E-state index in [2.05, 4.69) is 5.16 Å². The van der Waals surface area contributed by atoms with Crippen LogP contribution in [-0.4, -0.2) is 12.8 Å². The lowest BCUT2D eigenvalue weighted by atomic mass is 10.1. The number of hydrogen-bond acceptors (Lipinski definition) is 3. The molecule has 0 spiro atoms. The van der Waals surface area contributed by atoms with Crippen LogP contribution in [-0.2, 0) is 0 Å². The summed E-state index contributed by atoms with van der Waals surface area (Å²) in [6, 6.07) is 14.7. The molecule has 0 saturated heterocycles. The first-order valence-electron chi connectivity index (χ1n) is 5.80. The van der Waals surface area contributed by atoms with Gasteiger partial charge in [-0.05, 0) is 61.0 Å². The Morgan fingerprint density at radius 1 is 0.947 bits per heavy atom. The van der Waals surface area contributed by atoms with Crippen LogP contribution in [0.15, 0.2) is 53.7 Å². The van der Waals surface area contributed by atoms with Gasteiger partial charge in [0.05, 0.1) is 12.8 Å². The summed E-state index contributed by atoms with van der Waals surface area (Å²) in [6.45, 7) is 1.89. The van der Waals surface area contributed by atoms with E-state index in [1.807, 2.05) is 31.2 Å². The quantitative estimate of drug-likeness (QED) is 0.620. The Bertz CT molecular complexity index is 562. The number of ether oxygens (including phenoxy) is 1. The lowest BCUT2D eigenvalue weighted by Gasteiger charge is -2.03. The summed E-state index contributed by atoms with van der Waals surface area (Å²) in [5, 5.41) is 4.75. The van der Waals surface area contributed by atoms with Crippen molar-refractivity contribution in [2.24, 2.45) is 5.16 Å². The molecule has 0 aromatic heterocycles. The Morgan fingerprint density at radius 2 is 1.53 bits per heavy atom. The second-order valence-electron chi connectivity index (χ2n) is 3.95. The smallest absolute Gasteiger partial charge is 0.158 e. The molecule has 0 saturated carbocycles. The average molecular weight is 276 g/mol. The van der Waals surface area contributed by atoms with Crippen molar-refractivity contribution in [3.8, 4) is 11.5 Å². The van der Waals surface area contributed by atoms with Crippen LogP contribution in [0, 0.1) is 0 Å². The second-order valence-corrected chi connectivity index (χ2v) is 4.39. The van der Waals surface area contributed by atoms with Gasteiger partial charge in [0, 0.05) is 5.02 Å². The molecule has 19 heavy (non-hydrogen) atoms. The molecule has 2 aromatic carbocycles. The molecule has 0 atom stereocenters. The molecular weight excluding hydrogens is 262 g/mol. The molecule has 2 rings (SSSR count). The van der Waals surface area contributed by atoms with Crippen molar-refractivity contribution in [2.45, 2.75) is 6.92 Å². The molecule has 2 aromatic rings. The number of benzene rings is 2. The highest BCUT2D eigenvalue weighted by molar-refractivity contribution is 6.30. The first kappa shape index (κ1) is 13.4. The van der Waals surface area contributed by atoms with Crippen LogP contribution < -0.4 is 9.57 Å². The van der Waals surface area contributed by atoms with Gasteiger partial charge in [-0.1, -0.05) is 16.8 Å². The van der Waals surface area contributed by atoms with Gasteiger partial charge in [-0.3, -0.25) is 0 Å². The van der Waals surface area contributed by atoms with E-state index in [9.17, 15) is 0 Å². The van der Waals surface area contributed by atoms with Crippen LogP contribution in [0.2, 0.25) is 5.02 Å². The first-order valence-corrected chi connectivity index (χ1v) is 6.18. The lowest BCUT2D eigenvalue weighted by Crippen LogP contribution is -1.97. The van der Waals surface area contributed by atoms with Gasteiger partial charge in [-0.15, -0.1) is 0 Å². The van der Waals surface area contributed by atoms with Crippen molar-refractivity contribution >= 4 is 17.3 Å². The Balaban J connectivity index is 2.07. The minimum atomic E-state index is 0.650. The fraction of sp³-hybridized carbons (Fsp3) is 0.133. The zero-order valence-electron chi connectivity index (χ0n) is 10.8. The molecule has 0 bridgehead atoms. The van der Waals surface area contributed by atoms with Crippen LogP contribution in [0.1, 0.15) is 12.5 Å². The number of halogens is 1. The van der Waals surface area contributed by atoms with E-state index in [4.69, 9.17) is 21.2 Å². The van der Waals surface area contributed by atoms with Gasteiger partial charge >= 0.3 is 0 Å². The standard InChI is InChI=1S/C15H14ClNO2/c1-11(12-3-7-14(18-2)8-4-12)17-19-15-9-5-13(16)6-10-15/h3-10H,1-2H3/b17-11+. The Hall–Kier alpha value is -2.00. The maximum Gasteiger partial charge on any atom is 0.158 e. The third kappa shape index (κ3) is 3.73. The minimum absolute atomic E-state index is 0.650. The van der Waals surface area contributed by atoms with Crippen molar-refractivity contribution in [3.63, 3.8) is 0 Å². The van der Waals surface area contributed by atoms with Crippen LogP contribution >= 0.6 is 11.6 Å². The molecule has 3 nitrogen and oxygen atoms in total. The largest absolute Gasteiger partial charge is 0.497 e. The maximum absolute atomic E-state index is 5.80. The van der Waals surface area contributed by atoms with Crippen LogP contribution in [0.4, 0.5) is 0 Å². The zero-order chi connectivity index (χ0) is 13.7. The normalized spacial score (nSPS) is 11.2. The fourth-order valence-electron chi connectivity index (χ4n) is 1.50. The van der Waals surface area contributed by atoms with E-state index in [1.54, 1.807) is 31.4 Å². The average Bonchev–Trinajstić information content (AvgIpc) is 2.46. The summed E-state index contributed by atoms with van der Waals surface area (Å²) in [5.74, 6) is 1.47. The predicted molar refractivity (Wildman–Crippen MR) is 77.3 cm³/mol. The molecule has 0 heterocycles. The minimum Gasteiger partial charge on any atom is -0.497 e. The van der Waals surface area contributed by atoms with Gasteiger partial charge < -0.3 is 9.57 Å². The molecule has 0 radical (unpaired) electrons. The van der Waals surface area contributed by atoms with E-state index >= 15 is 0 Å². The van der Waals surface area contributed by atoms with E-state index < -0.39 is 0 Å². The number of rotatable bonds is 4. The van der Waals surface area contributed by atoms with E-state index in [1.165, 1.54) is 0 Å². The summed E-state index contributed by atoms with van der Waals surface area (Å²) in [5.41, 5.74) is 1.77. The van der Waals surface area contributed by atoms with Gasteiger partial charge in [-0.25, -0.2) is 0 Å². The summed E-state index contributed by atoms with van der Waals surface area (Å²) in [7, 11) is 1.64. The summed E-state index contributed by atoms with van der Waals surface area (Å²) in [4.78, 5) is 5.33. The van der Waals surface area contributed by atoms with Crippen molar-refractivity contribution in [1.82, 2.24) is 0 Å². The van der Waals surface area contributed by atoms with Gasteiger partial charge in [0.1, 0.15) is 5.75 Å². The van der Waals surface area contributed by atoms with Gasteiger partial charge in [-0.2, -0.15) is 0 Å². The van der Waals surface area contributed by atoms with E-state index in [0.717, 1.165) is 17.0 Å². The molecule has 0 aliphatic rings. The molecule has 0 aliphatic heterocycles. The third-order valence-corrected chi connectivity index (χ3v) is 2.86. The monoisotopic (exact) mass is 275 g/mol. The number of nitrogens with zero attached hydrogens (tertiary/aromatic N) is 1. The number of methoxy groups -OCH3 is 1.